The summed E-state index contributed by atoms with van der Waals surface area (Å²) in [5.74, 6) is -0.106. The molecule has 5 heteroatoms. The quantitative estimate of drug-likeness (QED) is 0.852. The Hall–Kier alpha value is -2.16. The molecule has 0 saturated carbocycles. The second kappa shape index (κ2) is 6.73. The molecule has 0 aliphatic carbocycles. The molecule has 0 radical (unpaired) electrons. The molecule has 0 fully saturated rings. The standard InChI is InChI=1S/C17H18N2O2S/c1-14-6-8-15(9-7-14)12-19(2)22(20,21)13-17-5-3-4-16(10-17)11-18/h3-10H,12-13H2,1-2H3. The van der Waals surface area contributed by atoms with Crippen molar-refractivity contribution in [2.45, 2.75) is 19.2 Å². The van der Waals surface area contributed by atoms with Crippen LogP contribution in [0.2, 0.25) is 0 Å². The molecule has 4 nitrogen and oxygen atoms in total. The van der Waals surface area contributed by atoms with Crippen molar-refractivity contribution in [3.8, 4) is 6.07 Å². The van der Waals surface area contributed by atoms with Crippen molar-refractivity contribution in [1.29, 1.82) is 5.26 Å². The Bertz CT molecular complexity index is 790. The van der Waals surface area contributed by atoms with E-state index in [0.717, 1.165) is 11.1 Å². The van der Waals surface area contributed by atoms with Crippen molar-refractivity contribution in [3.05, 3.63) is 70.8 Å². The minimum atomic E-state index is -3.42. The molecule has 0 bridgehead atoms. The van der Waals surface area contributed by atoms with E-state index in [2.05, 4.69) is 0 Å². The van der Waals surface area contributed by atoms with Gasteiger partial charge in [0.1, 0.15) is 0 Å². The number of nitrogens with zero attached hydrogens (tertiary/aromatic N) is 2. The number of hydrogen-bond acceptors (Lipinski definition) is 3. The van der Waals surface area contributed by atoms with Gasteiger partial charge >= 0.3 is 0 Å². The zero-order chi connectivity index (χ0) is 16.2. The van der Waals surface area contributed by atoms with Crippen LogP contribution in [0.1, 0.15) is 22.3 Å². The summed E-state index contributed by atoms with van der Waals surface area (Å²) >= 11 is 0. The van der Waals surface area contributed by atoms with E-state index in [1.165, 1.54) is 4.31 Å². The van der Waals surface area contributed by atoms with Crippen LogP contribution in [0.25, 0.3) is 0 Å². The molecule has 0 unspecified atom stereocenters. The van der Waals surface area contributed by atoms with E-state index in [4.69, 9.17) is 5.26 Å². The molecule has 0 aliphatic rings. The largest absolute Gasteiger partial charge is 0.218 e. The summed E-state index contributed by atoms with van der Waals surface area (Å²) in [6, 6.07) is 16.5. The predicted octanol–water partition coefficient (Wildman–Crippen LogP) is 2.83. The van der Waals surface area contributed by atoms with Crippen LogP contribution in [0.5, 0.6) is 0 Å². The molecule has 0 spiro atoms. The van der Waals surface area contributed by atoms with Crippen molar-refractivity contribution in [2.75, 3.05) is 7.05 Å². The summed E-state index contributed by atoms with van der Waals surface area (Å²) in [5.41, 5.74) is 3.17. The molecule has 0 N–H and O–H groups in total. The zero-order valence-electron chi connectivity index (χ0n) is 12.7. The molecule has 0 amide bonds. The lowest BCUT2D eigenvalue weighted by Crippen LogP contribution is -2.27. The third kappa shape index (κ3) is 4.17. The van der Waals surface area contributed by atoms with E-state index >= 15 is 0 Å². The summed E-state index contributed by atoms with van der Waals surface area (Å²) in [6.45, 7) is 2.33. The van der Waals surface area contributed by atoms with Gasteiger partial charge in [0.15, 0.2) is 0 Å². The third-order valence-corrected chi connectivity index (χ3v) is 5.18. The maximum absolute atomic E-state index is 12.4. The molecular weight excluding hydrogens is 296 g/mol. The molecular formula is C17H18N2O2S. The molecule has 0 heterocycles. The van der Waals surface area contributed by atoms with Gasteiger partial charge in [0.25, 0.3) is 0 Å². The Balaban J connectivity index is 2.12. The van der Waals surface area contributed by atoms with E-state index in [9.17, 15) is 8.42 Å². The Morgan fingerprint density at radius 2 is 1.77 bits per heavy atom. The van der Waals surface area contributed by atoms with Crippen molar-refractivity contribution < 1.29 is 8.42 Å². The second-order valence-electron chi connectivity index (χ2n) is 5.31. The van der Waals surface area contributed by atoms with Crippen LogP contribution in [0, 0.1) is 18.3 Å². The van der Waals surface area contributed by atoms with Gasteiger partial charge in [-0.2, -0.15) is 5.26 Å². The van der Waals surface area contributed by atoms with E-state index < -0.39 is 10.0 Å². The molecule has 0 saturated heterocycles. The van der Waals surface area contributed by atoms with E-state index in [0.29, 0.717) is 17.7 Å². The smallest absolute Gasteiger partial charge is 0.212 e. The Labute approximate surface area is 131 Å². The summed E-state index contributed by atoms with van der Waals surface area (Å²) in [4.78, 5) is 0. The SMILES string of the molecule is Cc1ccc(CN(C)S(=O)(=O)Cc2cccc(C#N)c2)cc1. The monoisotopic (exact) mass is 314 g/mol. The minimum absolute atomic E-state index is 0.106. The Morgan fingerprint density at radius 1 is 1.09 bits per heavy atom. The molecule has 22 heavy (non-hydrogen) atoms. The first-order chi connectivity index (χ1) is 10.4. The summed E-state index contributed by atoms with van der Waals surface area (Å²) in [5, 5.41) is 8.88. The first kappa shape index (κ1) is 16.2. The van der Waals surface area contributed by atoms with Gasteiger partial charge < -0.3 is 0 Å². The van der Waals surface area contributed by atoms with Crippen LogP contribution in [0.4, 0.5) is 0 Å². The second-order valence-corrected chi connectivity index (χ2v) is 7.39. The van der Waals surface area contributed by atoms with Gasteiger partial charge in [-0.25, -0.2) is 12.7 Å². The number of nitriles is 1. The fourth-order valence-corrected chi connectivity index (χ4v) is 3.27. The van der Waals surface area contributed by atoms with Gasteiger partial charge in [-0.1, -0.05) is 42.0 Å². The third-order valence-electron chi connectivity index (χ3n) is 3.41. The van der Waals surface area contributed by atoms with Gasteiger partial charge in [0.2, 0.25) is 10.0 Å². The Morgan fingerprint density at radius 3 is 2.41 bits per heavy atom. The lowest BCUT2D eigenvalue weighted by atomic mass is 10.1. The maximum atomic E-state index is 12.4. The normalized spacial score (nSPS) is 11.4. The summed E-state index contributed by atoms with van der Waals surface area (Å²) < 4.78 is 26.2. The molecule has 2 aromatic carbocycles. The fraction of sp³-hybridized carbons (Fsp3) is 0.235. The van der Waals surface area contributed by atoms with Gasteiger partial charge in [0, 0.05) is 13.6 Å². The van der Waals surface area contributed by atoms with Crippen LogP contribution in [0.3, 0.4) is 0 Å². The van der Waals surface area contributed by atoms with Crippen LogP contribution >= 0.6 is 0 Å². The highest BCUT2D eigenvalue weighted by atomic mass is 32.2. The van der Waals surface area contributed by atoms with Crippen molar-refractivity contribution in [1.82, 2.24) is 4.31 Å². The Kier molecular flexibility index (Phi) is 4.96. The van der Waals surface area contributed by atoms with Gasteiger partial charge in [-0.15, -0.1) is 0 Å². The highest BCUT2D eigenvalue weighted by molar-refractivity contribution is 7.88. The maximum Gasteiger partial charge on any atom is 0.218 e. The zero-order valence-corrected chi connectivity index (χ0v) is 13.5. The number of aryl methyl sites for hydroxylation is 1. The van der Waals surface area contributed by atoms with E-state index in [1.54, 1.807) is 31.3 Å². The minimum Gasteiger partial charge on any atom is -0.212 e. The van der Waals surface area contributed by atoms with Gasteiger partial charge in [-0.3, -0.25) is 0 Å². The lowest BCUT2D eigenvalue weighted by Gasteiger charge is -2.17. The topological polar surface area (TPSA) is 61.2 Å². The highest BCUT2D eigenvalue weighted by Gasteiger charge is 2.19. The van der Waals surface area contributed by atoms with E-state index in [1.807, 2.05) is 37.3 Å². The molecule has 0 aliphatic heterocycles. The molecule has 2 rings (SSSR count). The van der Waals surface area contributed by atoms with Crippen molar-refractivity contribution in [2.24, 2.45) is 0 Å². The first-order valence-electron chi connectivity index (χ1n) is 6.89. The van der Waals surface area contributed by atoms with Crippen LogP contribution in [-0.2, 0) is 22.3 Å². The fourth-order valence-electron chi connectivity index (χ4n) is 2.10. The van der Waals surface area contributed by atoms with Crippen LogP contribution < -0.4 is 0 Å². The average Bonchev–Trinajstić information content (AvgIpc) is 2.49. The van der Waals surface area contributed by atoms with Crippen molar-refractivity contribution in [3.63, 3.8) is 0 Å². The molecule has 114 valence electrons. The van der Waals surface area contributed by atoms with Crippen LogP contribution in [-0.4, -0.2) is 19.8 Å². The van der Waals surface area contributed by atoms with Gasteiger partial charge in [-0.05, 0) is 30.2 Å². The number of rotatable bonds is 5. The molecule has 0 atom stereocenters. The van der Waals surface area contributed by atoms with E-state index in [-0.39, 0.29) is 5.75 Å². The number of benzene rings is 2. The average molecular weight is 314 g/mol. The molecule has 0 aromatic heterocycles. The van der Waals surface area contributed by atoms with Gasteiger partial charge in [0.05, 0.1) is 17.4 Å². The summed E-state index contributed by atoms with van der Waals surface area (Å²) in [6.07, 6.45) is 0. The number of sulfonamides is 1. The first-order valence-corrected chi connectivity index (χ1v) is 8.50. The number of hydrogen-bond donors (Lipinski definition) is 0. The van der Waals surface area contributed by atoms with Crippen LogP contribution in [0.15, 0.2) is 48.5 Å². The molecule has 2 aromatic rings. The lowest BCUT2D eigenvalue weighted by molar-refractivity contribution is 0.466. The van der Waals surface area contributed by atoms with Crippen molar-refractivity contribution >= 4 is 10.0 Å². The predicted molar refractivity (Wildman–Crippen MR) is 86.4 cm³/mol. The highest BCUT2D eigenvalue weighted by Crippen LogP contribution is 2.14. The summed E-state index contributed by atoms with van der Waals surface area (Å²) in [7, 11) is -1.85.